The summed E-state index contributed by atoms with van der Waals surface area (Å²) in [6.45, 7) is 6.38. The zero-order chi connectivity index (χ0) is 10.3. The quantitative estimate of drug-likeness (QED) is 0.515. The number of rotatable bonds is 6. The molecule has 0 atom stereocenters. The zero-order valence-corrected chi connectivity index (χ0v) is 9.40. The third-order valence-corrected chi connectivity index (χ3v) is 3.48. The number of aliphatic carboxylic acids is 1. The van der Waals surface area contributed by atoms with Crippen LogP contribution >= 0.6 is 0 Å². The number of hydrogen-bond donors (Lipinski definition) is 1. The molecule has 0 aliphatic carbocycles. The molecule has 0 unspecified atom stereocenters. The van der Waals surface area contributed by atoms with E-state index in [-0.39, 0.29) is 0 Å². The first-order chi connectivity index (χ1) is 6.11. The molecular formula is C8H16O4Si. The summed E-state index contributed by atoms with van der Waals surface area (Å²) in [6.07, 6.45) is 0. The standard InChI is InChI=1S/C8H16O4Si/c1-4-11-13(12-5-2)6-7(3)8(9)10/h6,13H,4-5H2,1-3H3,(H,9,10). The lowest BCUT2D eigenvalue weighted by atomic mass is 10.4. The van der Waals surface area contributed by atoms with Crippen molar-refractivity contribution in [2.45, 2.75) is 20.8 Å². The summed E-state index contributed by atoms with van der Waals surface area (Å²) in [4.78, 5) is 10.5. The van der Waals surface area contributed by atoms with E-state index >= 15 is 0 Å². The van der Waals surface area contributed by atoms with Crippen LogP contribution in [0.2, 0.25) is 0 Å². The van der Waals surface area contributed by atoms with Crippen LogP contribution in [0.5, 0.6) is 0 Å². The van der Waals surface area contributed by atoms with Crippen LogP contribution in [0.4, 0.5) is 0 Å². The lowest BCUT2D eigenvalue weighted by Gasteiger charge is -2.10. The molecule has 13 heavy (non-hydrogen) atoms. The fraction of sp³-hybridized carbons (Fsp3) is 0.625. The smallest absolute Gasteiger partial charge is 0.348 e. The second-order valence-corrected chi connectivity index (χ2v) is 4.17. The van der Waals surface area contributed by atoms with E-state index in [0.717, 1.165) is 0 Å². The average molecular weight is 204 g/mol. The van der Waals surface area contributed by atoms with Gasteiger partial charge in [0.05, 0.1) is 0 Å². The zero-order valence-electron chi connectivity index (χ0n) is 8.24. The predicted octanol–water partition coefficient (Wildman–Crippen LogP) is 0.850. The highest BCUT2D eigenvalue weighted by Crippen LogP contribution is 1.98. The van der Waals surface area contributed by atoms with Crippen molar-refractivity contribution >= 4 is 15.3 Å². The Morgan fingerprint density at radius 2 is 1.85 bits per heavy atom. The normalized spacial score (nSPS) is 12.2. The molecule has 1 N–H and O–H groups in total. The molecule has 0 aliphatic rings. The third kappa shape index (κ3) is 5.56. The highest BCUT2D eigenvalue weighted by molar-refractivity contribution is 6.51. The fourth-order valence-corrected chi connectivity index (χ4v) is 2.24. The Labute approximate surface area is 80.0 Å². The number of hydrogen-bond acceptors (Lipinski definition) is 3. The summed E-state index contributed by atoms with van der Waals surface area (Å²) in [5, 5.41) is 8.61. The molecular weight excluding hydrogens is 188 g/mol. The summed E-state index contributed by atoms with van der Waals surface area (Å²) < 4.78 is 10.6. The van der Waals surface area contributed by atoms with Crippen molar-refractivity contribution in [2.24, 2.45) is 0 Å². The van der Waals surface area contributed by atoms with Gasteiger partial charge in [-0.1, -0.05) is 0 Å². The van der Waals surface area contributed by atoms with Crippen LogP contribution in [0.25, 0.3) is 0 Å². The minimum atomic E-state index is -1.89. The molecule has 0 heterocycles. The number of carbonyl (C=O) groups is 1. The maximum Gasteiger partial charge on any atom is 0.348 e. The van der Waals surface area contributed by atoms with E-state index in [9.17, 15) is 4.79 Å². The molecule has 0 fully saturated rings. The molecule has 0 saturated heterocycles. The number of carboxylic acids is 1. The van der Waals surface area contributed by atoms with Gasteiger partial charge in [-0.3, -0.25) is 0 Å². The Bertz CT molecular complexity index is 185. The molecule has 0 radical (unpaired) electrons. The van der Waals surface area contributed by atoms with Crippen LogP contribution in [0.3, 0.4) is 0 Å². The average Bonchev–Trinajstić information content (AvgIpc) is 2.05. The molecule has 0 aliphatic heterocycles. The minimum absolute atomic E-state index is 0.290. The van der Waals surface area contributed by atoms with E-state index in [1.165, 1.54) is 0 Å². The largest absolute Gasteiger partial charge is 0.478 e. The van der Waals surface area contributed by atoms with Crippen molar-refractivity contribution in [3.05, 3.63) is 11.3 Å². The predicted molar refractivity (Wildman–Crippen MR) is 51.8 cm³/mol. The first-order valence-corrected chi connectivity index (χ1v) is 5.87. The van der Waals surface area contributed by atoms with Gasteiger partial charge in [-0.25, -0.2) is 4.79 Å². The molecule has 0 aromatic heterocycles. The molecule has 76 valence electrons. The van der Waals surface area contributed by atoms with Crippen molar-refractivity contribution < 1.29 is 18.8 Å². The lowest BCUT2D eigenvalue weighted by Crippen LogP contribution is -2.22. The highest BCUT2D eigenvalue weighted by Gasteiger charge is 2.11. The van der Waals surface area contributed by atoms with Gasteiger partial charge in [-0.15, -0.1) is 0 Å². The van der Waals surface area contributed by atoms with Crippen LogP contribution in [0, 0.1) is 0 Å². The number of carboxylic acid groups (broad SMARTS) is 1. The van der Waals surface area contributed by atoms with Gasteiger partial charge in [0.25, 0.3) is 0 Å². The molecule has 0 amide bonds. The molecule has 0 aromatic rings. The monoisotopic (exact) mass is 204 g/mol. The van der Waals surface area contributed by atoms with E-state index in [0.29, 0.717) is 18.8 Å². The summed E-state index contributed by atoms with van der Waals surface area (Å²) >= 11 is 0. The fourth-order valence-electron chi connectivity index (χ4n) is 0.748. The van der Waals surface area contributed by atoms with E-state index in [1.54, 1.807) is 12.6 Å². The molecule has 0 spiro atoms. The SMILES string of the molecule is CCO[SiH](C=C(C)C(=O)O)OCC. The Hall–Kier alpha value is -0.653. The topological polar surface area (TPSA) is 55.8 Å². The van der Waals surface area contributed by atoms with Crippen molar-refractivity contribution in [1.29, 1.82) is 0 Å². The summed E-state index contributed by atoms with van der Waals surface area (Å²) in [6, 6.07) is 0. The van der Waals surface area contributed by atoms with E-state index in [4.69, 9.17) is 14.0 Å². The van der Waals surface area contributed by atoms with E-state index in [1.807, 2.05) is 13.8 Å². The van der Waals surface area contributed by atoms with E-state index in [2.05, 4.69) is 0 Å². The second-order valence-electron chi connectivity index (χ2n) is 2.43. The van der Waals surface area contributed by atoms with Crippen LogP contribution < -0.4 is 0 Å². The van der Waals surface area contributed by atoms with Crippen molar-refractivity contribution in [2.75, 3.05) is 13.2 Å². The Morgan fingerprint density at radius 3 is 2.15 bits per heavy atom. The molecule has 0 aromatic carbocycles. The molecule has 0 bridgehead atoms. The Kier molecular flexibility index (Phi) is 6.48. The van der Waals surface area contributed by atoms with Crippen LogP contribution in [-0.4, -0.2) is 33.6 Å². The Morgan fingerprint density at radius 1 is 1.38 bits per heavy atom. The van der Waals surface area contributed by atoms with Crippen LogP contribution in [0.1, 0.15) is 20.8 Å². The minimum Gasteiger partial charge on any atom is -0.478 e. The summed E-state index contributed by atoms with van der Waals surface area (Å²) in [7, 11) is -1.89. The Balaban J connectivity index is 4.20. The van der Waals surface area contributed by atoms with Gasteiger partial charge in [-0.2, -0.15) is 0 Å². The highest BCUT2D eigenvalue weighted by atomic mass is 28.3. The second kappa shape index (κ2) is 6.82. The van der Waals surface area contributed by atoms with Gasteiger partial charge in [0, 0.05) is 18.8 Å². The van der Waals surface area contributed by atoms with Crippen molar-refractivity contribution in [1.82, 2.24) is 0 Å². The summed E-state index contributed by atoms with van der Waals surface area (Å²) in [5.41, 5.74) is 1.88. The molecule has 5 heteroatoms. The van der Waals surface area contributed by atoms with Crippen molar-refractivity contribution in [3.8, 4) is 0 Å². The third-order valence-electron chi connectivity index (χ3n) is 1.39. The molecule has 0 rings (SSSR count). The van der Waals surface area contributed by atoms with Gasteiger partial charge in [0.15, 0.2) is 0 Å². The summed E-state index contributed by atoms with van der Waals surface area (Å²) in [5.74, 6) is -0.920. The molecule has 4 nitrogen and oxygen atoms in total. The maximum absolute atomic E-state index is 10.5. The van der Waals surface area contributed by atoms with Crippen molar-refractivity contribution in [3.63, 3.8) is 0 Å². The first-order valence-electron chi connectivity index (χ1n) is 4.26. The molecule has 0 saturated carbocycles. The van der Waals surface area contributed by atoms with Gasteiger partial charge in [0.1, 0.15) is 0 Å². The van der Waals surface area contributed by atoms with E-state index < -0.39 is 15.3 Å². The first kappa shape index (κ1) is 12.3. The van der Waals surface area contributed by atoms with Gasteiger partial charge >= 0.3 is 15.3 Å². The van der Waals surface area contributed by atoms with Crippen LogP contribution in [-0.2, 0) is 13.6 Å². The van der Waals surface area contributed by atoms with Gasteiger partial charge in [-0.05, 0) is 26.5 Å². The van der Waals surface area contributed by atoms with Crippen LogP contribution in [0.15, 0.2) is 11.3 Å². The maximum atomic E-state index is 10.5. The van der Waals surface area contributed by atoms with Gasteiger partial charge in [0.2, 0.25) is 0 Å². The van der Waals surface area contributed by atoms with Gasteiger partial charge < -0.3 is 14.0 Å². The lowest BCUT2D eigenvalue weighted by molar-refractivity contribution is -0.132.